The van der Waals surface area contributed by atoms with Crippen molar-refractivity contribution in [3.05, 3.63) is 64.9 Å². The van der Waals surface area contributed by atoms with E-state index in [-0.39, 0.29) is 18.0 Å². The largest absolute Gasteiger partial charge is 0.378 e. The van der Waals surface area contributed by atoms with Crippen molar-refractivity contribution in [2.24, 2.45) is 0 Å². The number of hydrogen-bond acceptors (Lipinski definition) is 6. The Morgan fingerprint density at radius 1 is 1.21 bits per heavy atom. The third-order valence-electron chi connectivity index (χ3n) is 5.14. The molecule has 0 spiro atoms. The fraction of sp³-hybridized carbons (Fsp3) is 0.318. The summed E-state index contributed by atoms with van der Waals surface area (Å²) < 4.78 is 24.4. The highest BCUT2D eigenvalue weighted by atomic mass is 32.1. The van der Waals surface area contributed by atoms with Crippen LogP contribution in [0.25, 0.3) is 11.1 Å². The van der Waals surface area contributed by atoms with E-state index < -0.39 is 5.92 Å². The molecule has 0 bridgehead atoms. The third kappa shape index (κ3) is 4.52. The molecule has 1 aromatic heterocycles. The maximum absolute atomic E-state index is 14.6. The van der Waals surface area contributed by atoms with Gasteiger partial charge in [0, 0.05) is 24.6 Å². The van der Waals surface area contributed by atoms with Crippen molar-refractivity contribution in [1.82, 2.24) is 9.36 Å². The van der Waals surface area contributed by atoms with Crippen molar-refractivity contribution >= 4 is 23.3 Å². The van der Waals surface area contributed by atoms with Crippen molar-refractivity contribution in [3.8, 4) is 11.1 Å². The van der Waals surface area contributed by atoms with Crippen molar-refractivity contribution in [1.29, 1.82) is 0 Å². The smallest absolute Gasteiger partial charge is 0.237 e. The molecule has 0 N–H and O–H groups in total. The van der Waals surface area contributed by atoms with Crippen molar-refractivity contribution in [2.75, 3.05) is 31.2 Å². The van der Waals surface area contributed by atoms with Gasteiger partial charge >= 0.3 is 0 Å². The first-order chi connectivity index (χ1) is 14.1. The van der Waals surface area contributed by atoms with Gasteiger partial charge in [-0.05, 0) is 28.7 Å². The van der Waals surface area contributed by atoms with Crippen LogP contribution in [-0.4, -0.2) is 41.4 Å². The summed E-state index contributed by atoms with van der Waals surface area (Å²) in [6.07, 6.45) is 0.200. The second kappa shape index (κ2) is 8.80. The van der Waals surface area contributed by atoms with Gasteiger partial charge in [-0.15, -0.1) is 0 Å². The Hall–Kier alpha value is -2.64. The lowest BCUT2D eigenvalue weighted by Gasteiger charge is -2.25. The first kappa shape index (κ1) is 19.7. The third-order valence-corrected chi connectivity index (χ3v) is 5.84. The Labute approximate surface area is 173 Å². The van der Waals surface area contributed by atoms with Crippen LogP contribution in [0.4, 0.5) is 10.3 Å². The van der Waals surface area contributed by atoms with E-state index in [1.807, 2.05) is 43.3 Å². The molecule has 1 aliphatic rings. The van der Waals surface area contributed by atoms with Gasteiger partial charge in [-0.3, -0.25) is 4.79 Å². The first-order valence-corrected chi connectivity index (χ1v) is 10.4. The second-order valence-corrected chi connectivity index (χ2v) is 7.89. The number of ether oxygens (including phenoxy) is 1. The fourth-order valence-electron chi connectivity index (χ4n) is 3.35. The van der Waals surface area contributed by atoms with Crippen LogP contribution in [0.5, 0.6) is 0 Å². The standard InChI is InChI=1S/C22H22FN3O2S/c1-15(17-7-8-18(19(23)13-17)16-5-3-2-4-6-16)20(27)14-21-24-22(25-29-21)26-9-11-28-12-10-26/h2-8,13,15H,9-12,14H2,1H3. The summed E-state index contributed by atoms with van der Waals surface area (Å²) in [7, 11) is 0. The molecule has 3 aromatic rings. The molecule has 0 saturated carbocycles. The predicted molar refractivity (Wildman–Crippen MR) is 112 cm³/mol. The van der Waals surface area contributed by atoms with Crippen molar-refractivity contribution in [3.63, 3.8) is 0 Å². The van der Waals surface area contributed by atoms with Crippen molar-refractivity contribution < 1.29 is 13.9 Å². The molecule has 5 nitrogen and oxygen atoms in total. The zero-order chi connectivity index (χ0) is 20.2. The van der Waals surface area contributed by atoms with Gasteiger partial charge in [0.25, 0.3) is 0 Å². The summed E-state index contributed by atoms with van der Waals surface area (Å²) in [4.78, 5) is 19.3. The van der Waals surface area contributed by atoms with Gasteiger partial charge in [0.05, 0.1) is 19.6 Å². The average molecular weight is 412 g/mol. The Kier molecular flexibility index (Phi) is 5.97. The zero-order valence-corrected chi connectivity index (χ0v) is 17.0. The maximum atomic E-state index is 14.6. The van der Waals surface area contributed by atoms with Crippen LogP contribution in [0.3, 0.4) is 0 Å². The first-order valence-electron chi connectivity index (χ1n) is 9.64. The van der Waals surface area contributed by atoms with Gasteiger partial charge in [0.1, 0.15) is 16.6 Å². The molecule has 0 radical (unpaired) electrons. The molecule has 2 aromatic carbocycles. The number of morpholine rings is 1. The van der Waals surface area contributed by atoms with E-state index in [2.05, 4.69) is 14.3 Å². The summed E-state index contributed by atoms with van der Waals surface area (Å²) in [6, 6.07) is 14.4. The van der Waals surface area contributed by atoms with E-state index in [0.717, 1.165) is 18.7 Å². The highest BCUT2D eigenvalue weighted by molar-refractivity contribution is 7.05. The average Bonchev–Trinajstić information content (AvgIpc) is 3.23. The van der Waals surface area contributed by atoms with Crippen LogP contribution < -0.4 is 4.90 Å². The summed E-state index contributed by atoms with van der Waals surface area (Å²) in [5.41, 5.74) is 2.03. The van der Waals surface area contributed by atoms with Crippen molar-refractivity contribution in [2.45, 2.75) is 19.3 Å². The Balaban J connectivity index is 1.44. The minimum absolute atomic E-state index is 0.00142. The second-order valence-electron chi connectivity index (χ2n) is 7.06. The van der Waals surface area contributed by atoms with Gasteiger partial charge in [-0.1, -0.05) is 49.4 Å². The summed E-state index contributed by atoms with van der Waals surface area (Å²) in [5, 5.41) is 0.685. The molecule has 2 heterocycles. The predicted octanol–water partition coefficient (Wildman–Crippen LogP) is 4.10. The molecule has 0 aliphatic carbocycles. The van der Waals surface area contributed by atoms with E-state index in [4.69, 9.17) is 4.74 Å². The number of ketones is 1. The SMILES string of the molecule is CC(C(=O)Cc1nc(N2CCOCC2)ns1)c1ccc(-c2ccccc2)c(F)c1. The number of hydrogen-bond donors (Lipinski definition) is 0. The Morgan fingerprint density at radius 3 is 2.69 bits per heavy atom. The van der Waals surface area contributed by atoms with Gasteiger partial charge in [0.2, 0.25) is 5.95 Å². The van der Waals surface area contributed by atoms with Crippen LogP contribution in [0, 0.1) is 5.82 Å². The van der Waals surface area contributed by atoms with E-state index in [0.29, 0.717) is 35.3 Å². The zero-order valence-electron chi connectivity index (χ0n) is 16.2. The lowest BCUT2D eigenvalue weighted by Crippen LogP contribution is -2.36. The molecule has 1 aliphatic heterocycles. The normalized spacial score (nSPS) is 15.3. The van der Waals surface area contributed by atoms with Crippen LogP contribution in [0.1, 0.15) is 23.4 Å². The number of carbonyl (C=O) groups excluding carboxylic acids is 1. The summed E-state index contributed by atoms with van der Waals surface area (Å²) in [5.74, 6) is -0.0718. The molecular weight excluding hydrogens is 389 g/mol. The van der Waals surface area contributed by atoms with Gasteiger partial charge in [-0.2, -0.15) is 4.37 Å². The number of Topliss-reactive ketones (excluding diaryl/α,β-unsaturated/α-hetero) is 1. The number of carbonyl (C=O) groups is 1. The molecule has 29 heavy (non-hydrogen) atoms. The number of rotatable bonds is 6. The minimum atomic E-state index is -0.412. The minimum Gasteiger partial charge on any atom is -0.378 e. The summed E-state index contributed by atoms with van der Waals surface area (Å²) >= 11 is 1.25. The maximum Gasteiger partial charge on any atom is 0.237 e. The lowest BCUT2D eigenvalue weighted by molar-refractivity contribution is -0.119. The van der Waals surface area contributed by atoms with Gasteiger partial charge < -0.3 is 9.64 Å². The van der Waals surface area contributed by atoms with E-state index in [1.165, 1.54) is 17.6 Å². The lowest BCUT2D eigenvalue weighted by atomic mass is 9.93. The van der Waals surface area contributed by atoms with Crippen LogP contribution in [0.15, 0.2) is 48.5 Å². The molecular formula is C22H22FN3O2S. The summed E-state index contributed by atoms with van der Waals surface area (Å²) in [6.45, 7) is 4.65. The number of benzene rings is 2. The molecule has 1 saturated heterocycles. The highest BCUT2D eigenvalue weighted by Crippen LogP contribution is 2.27. The highest BCUT2D eigenvalue weighted by Gasteiger charge is 2.21. The fourth-order valence-corrected chi connectivity index (χ4v) is 4.02. The van der Waals surface area contributed by atoms with Crippen LogP contribution in [-0.2, 0) is 16.0 Å². The van der Waals surface area contributed by atoms with Crippen LogP contribution >= 0.6 is 11.5 Å². The topological polar surface area (TPSA) is 55.3 Å². The monoisotopic (exact) mass is 411 g/mol. The molecule has 150 valence electrons. The number of nitrogens with zero attached hydrogens (tertiary/aromatic N) is 3. The van der Waals surface area contributed by atoms with E-state index in [9.17, 15) is 9.18 Å². The quantitative estimate of drug-likeness (QED) is 0.611. The molecule has 4 rings (SSSR count). The molecule has 1 unspecified atom stereocenters. The number of halogens is 1. The molecule has 1 atom stereocenters. The number of anilines is 1. The Bertz CT molecular complexity index is 987. The van der Waals surface area contributed by atoms with Crippen LogP contribution in [0.2, 0.25) is 0 Å². The van der Waals surface area contributed by atoms with Gasteiger partial charge in [0.15, 0.2) is 0 Å². The van der Waals surface area contributed by atoms with E-state index >= 15 is 0 Å². The Morgan fingerprint density at radius 2 is 1.97 bits per heavy atom. The van der Waals surface area contributed by atoms with E-state index in [1.54, 1.807) is 6.07 Å². The van der Waals surface area contributed by atoms with Gasteiger partial charge in [-0.25, -0.2) is 9.37 Å². The molecule has 0 amide bonds. The molecule has 1 fully saturated rings. The number of aromatic nitrogens is 2. The molecule has 7 heteroatoms.